The molecule has 2 aromatic carbocycles. The van der Waals surface area contributed by atoms with E-state index in [9.17, 15) is 13.2 Å². The summed E-state index contributed by atoms with van der Waals surface area (Å²) in [7, 11) is -3.70. The number of halogens is 1. The van der Waals surface area contributed by atoms with E-state index >= 15 is 0 Å². The second-order valence-corrected chi connectivity index (χ2v) is 11.0. The molecule has 0 bridgehead atoms. The third-order valence-electron chi connectivity index (χ3n) is 5.75. The first-order chi connectivity index (χ1) is 15.9. The number of rotatable bonds is 7. The van der Waals surface area contributed by atoms with Crippen molar-refractivity contribution in [3.63, 3.8) is 0 Å². The van der Waals surface area contributed by atoms with Crippen LogP contribution in [0.15, 0.2) is 65.1 Å². The summed E-state index contributed by atoms with van der Waals surface area (Å²) in [5.41, 5.74) is 3.04. The van der Waals surface area contributed by atoms with Gasteiger partial charge in [0.1, 0.15) is 0 Å². The van der Waals surface area contributed by atoms with Crippen LogP contribution in [-0.2, 0) is 34.2 Å². The first kappa shape index (κ1) is 21.9. The van der Waals surface area contributed by atoms with E-state index in [-0.39, 0.29) is 16.8 Å². The number of amides is 1. The fraction of sp³-hybridized carbons (Fsp3) is 0.217. The number of nitrogens with zero attached hydrogens (tertiary/aromatic N) is 2. The van der Waals surface area contributed by atoms with Crippen molar-refractivity contribution in [2.45, 2.75) is 36.7 Å². The molecule has 1 amide bonds. The standard InChI is InChI=1S/C23H21ClN4O3S2/c24-18-2-4-21-16(11-18)5-8-28(21)9-6-22(29)26-19-12-15-1-3-20(14-17(15)13-19)33(30,31)27-23-25-7-10-32-23/h1-5,7-8,10-11,14,19H,6,9,12-13H2,(H,25,27)(H,26,29). The summed E-state index contributed by atoms with van der Waals surface area (Å²) >= 11 is 7.27. The summed E-state index contributed by atoms with van der Waals surface area (Å²) in [6, 6.07) is 12.8. The third kappa shape index (κ3) is 4.75. The monoisotopic (exact) mass is 500 g/mol. The van der Waals surface area contributed by atoms with Crippen LogP contribution in [0.3, 0.4) is 0 Å². The van der Waals surface area contributed by atoms with E-state index < -0.39 is 10.0 Å². The molecule has 2 heterocycles. The predicted octanol–water partition coefficient (Wildman–Crippen LogP) is 4.23. The van der Waals surface area contributed by atoms with Crippen LogP contribution in [0, 0.1) is 0 Å². The number of benzene rings is 2. The minimum absolute atomic E-state index is 0.0260. The molecule has 170 valence electrons. The molecule has 0 fully saturated rings. The number of hydrogen-bond acceptors (Lipinski definition) is 5. The number of fused-ring (bicyclic) bond motifs is 2. The minimum Gasteiger partial charge on any atom is -0.353 e. The lowest BCUT2D eigenvalue weighted by Crippen LogP contribution is -2.35. The highest BCUT2D eigenvalue weighted by Gasteiger charge is 2.25. The lowest BCUT2D eigenvalue weighted by molar-refractivity contribution is -0.121. The van der Waals surface area contributed by atoms with Crippen LogP contribution in [0.5, 0.6) is 0 Å². The van der Waals surface area contributed by atoms with Crippen molar-refractivity contribution < 1.29 is 13.2 Å². The van der Waals surface area contributed by atoms with Crippen LogP contribution >= 0.6 is 22.9 Å². The average molecular weight is 501 g/mol. The fourth-order valence-electron chi connectivity index (χ4n) is 4.20. The van der Waals surface area contributed by atoms with Crippen molar-refractivity contribution in [1.82, 2.24) is 14.9 Å². The summed E-state index contributed by atoms with van der Waals surface area (Å²) in [5.74, 6) is -0.0260. The van der Waals surface area contributed by atoms with Crippen LogP contribution in [-0.4, -0.2) is 29.9 Å². The van der Waals surface area contributed by atoms with Crippen molar-refractivity contribution in [2.24, 2.45) is 0 Å². The second-order valence-electron chi connectivity index (χ2n) is 8.01. The third-order valence-corrected chi connectivity index (χ3v) is 8.14. The molecule has 7 nitrogen and oxygen atoms in total. The van der Waals surface area contributed by atoms with Gasteiger partial charge in [-0.15, -0.1) is 11.3 Å². The lowest BCUT2D eigenvalue weighted by atomic mass is 10.1. The molecule has 1 atom stereocenters. The summed E-state index contributed by atoms with van der Waals surface area (Å²) in [4.78, 5) is 16.8. The van der Waals surface area contributed by atoms with Gasteiger partial charge < -0.3 is 9.88 Å². The zero-order valence-corrected chi connectivity index (χ0v) is 19.9. The highest BCUT2D eigenvalue weighted by atomic mass is 35.5. The number of nitrogens with one attached hydrogen (secondary N) is 2. The maximum atomic E-state index is 12.6. The van der Waals surface area contributed by atoms with E-state index in [1.165, 1.54) is 11.3 Å². The Kier molecular flexibility index (Phi) is 5.86. The maximum Gasteiger partial charge on any atom is 0.263 e. The Labute approximate surface area is 200 Å². The number of carbonyl (C=O) groups excluding carboxylic acids is 1. The summed E-state index contributed by atoms with van der Waals surface area (Å²) < 4.78 is 29.8. The molecule has 1 aliphatic rings. The highest BCUT2D eigenvalue weighted by Crippen LogP contribution is 2.27. The van der Waals surface area contributed by atoms with E-state index in [0.29, 0.717) is 36.0 Å². The summed E-state index contributed by atoms with van der Waals surface area (Å²) in [6.07, 6.45) is 5.16. The van der Waals surface area contributed by atoms with Gasteiger partial charge in [0.05, 0.1) is 4.90 Å². The lowest BCUT2D eigenvalue weighted by Gasteiger charge is -2.12. The Morgan fingerprint density at radius 1 is 1.15 bits per heavy atom. The van der Waals surface area contributed by atoms with Crippen LogP contribution in [0.25, 0.3) is 10.9 Å². The van der Waals surface area contributed by atoms with E-state index in [2.05, 4.69) is 15.0 Å². The SMILES string of the molecule is O=C(CCn1ccc2cc(Cl)ccc21)NC1Cc2ccc(S(=O)(=O)Nc3nccs3)cc2C1. The molecule has 1 unspecified atom stereocenters. The summed E-state index contributed by atoms with van der Waals surface area (Å²) in [6.45, 7) is 0.571. The molecule has 0 spiro atoms. The van der Waals surface area contributed by atoms with Crippen LogP contribution in [0.2, 0.25) is 5.02 Å². The maximum absolute atomic E-state index is 12.6. The van der Waals surface area contributed by atoms with Crippen LogP contribution < -0.4 is 10.0 Å². The summed E-state index contributed by atoms with van der Waals surface area (Å²) in [5, 5.41) is 6.87. The molecule has 33 heavy (non-hydrogen) atoms. The molecule has 5 rings (SSSR count). The number of hydrogen-bond donors (Lipinski definition) is 2. The van der Waals surface area contributed by atoms with Gasteiger partial charge >= 0.3 is 0 Å². The van der Waals surface area contributed by atoms with Gasteiger partial charge in [-0.1, -0.05) is 17.7 Å². The topological polar surface area (TPSA) is 93.1 Å². The highest BCUT2D eigenvalue weighted by molar-refractivity contribution is 7.93. The van der Waals surface area contributed by atoms with Crippen molar-refractivity contribution in [1.29, 1.82) is 0 Å². The molecule has 0 saturated heterocycles. The van der Waals surface area contributed by atoms with Crippen molar-refractivity contribution in [2.75, 3.05) is 4.72 Å². The number of sulfonamides is 1. The van der Waals surface area contributed by atoms with Gasteiger partial charge in [-0.05, 0) is 60.4 Å². The van der Waals surface area contributed by atoms with Gasteiger partial charge in [-0.3, -0.25) is 9.52 Å². The van der Waals surface area contributed by atoms with Gasteiger partial charge in [0.25, 0.3) is 10.0 Å². The fourth-order valence-corrected chi connectivity index (χ4v) is 6.22. The first-order valence-electron chi connectivity index (χ1n) is 10.5. The largest absolute Gasteiger partial charge is 0.353 e. The molecule has 0 saturated carbocycles. The predicted molar refractivity (Wildman–Crippen MR) is 130 cm³/mol. The number of anilines is 1. The Morgan fingerprint density at radius 3 is 2.82 bits per heavy atom. The van der Waals surface area contributed by atoms with Gasteiger partial charge in [0, 0.05) is 52.7 Å². The first-order valence-corrected chi connectivity index (χ1v) is 13.2. The van der Waals surface area contributed by atoms with Crippen molar-refractivity contribution in [3.8, 4) is 0 Å². The van der Waals surface area contributed by atoms with E-state index in [4.69, 9.17) is 11.6 Å². The molecule has 1 aliphatic carbocycles. The zero-order chi connectivity index (χ0) is 23.0. The smallest absolute Gasteiger partial charge is 0.263 e. The Bertz CT molecular complexity index is 1430. The molecule has 2 N–H and O–H groups in total. The molecular weight excluding hydrogens is 480 g/mol. The van der Waals surface area contributed by atoms with E-state index in [1.54, 1.807) is 23.7 Å². The molecule has 10 heteroatoms. The Hall–Kier alpha value is -2.88. The molecule has 0 aliphatic heterocycles. The number of aromatic nitrogens is 2. The van der Waals surface area contributed by atoms with Gasteiger partial charge in [-0.2, -0.15) is 0 Å². The van der Waals surface area contributed by atoms with E-state index in [0.717, 1.165) is 22.0 Å². The number of carbonyl (C=O) groups is 1. The molecular formula is C23H21ClN4O3S2. The molecule has 2 aromatic heterocycles. The van der Waals surface area contributed by atoms with Crippen molar-refractivity contribution in [3.05, 3.63) is 76.4 Å². The van der Waals surface area contributed by atoms with Gasteiger partial charge in [0.2, 0.25) is 5.91 Å². The Balaban J connectivity index is 1.20. The number of aryl methyl sites for hydroxylation is 1. The normalized spacial score (nSPS) is 15.5. The minimum atomic E-state index is -3.70. The van der Waals surface area contributed by atoms with Gasteiger partial charge in [0.15, 0.2) is 5.13 Å². The zero-order valence-electron chi connectivity index (χ0n) is 17.5. The van der Waals surface area contributed by atoms with E-state index in [1.807, 2.05) is 41.1 Å². The van der Waals surface area contributed by atoms with Crippen LogP contribution in [0.4, 0.5) is 5.13 Å². The molecule has 4 aromatic rings. The average Bonchev–Trinajstić information content (AvgIpc) is 3.50. The van der Waals surface area contributed by atoms with Crippen LogP contribution in [0.1, 0.15) is 17.5 Å². The van der Waals surface area contributed by atoms with Gasteiger partial charge in [-0.25, -0.2) is 13.4 Å². The number of thiazole rings is 1. The van der Waals surface area contributed by atoms with Crippen molar-refractivity contribution >= 4 is 54.9 Å². The molecule has 0 radical (unpaired) electrons. The second kappa shape index (κ2) is 8.81. The Morgan fingerprint density at radius 2 is 2.00 bits per heavy atom. The quantitative estimate of drug-likeness (QED) is 0.397.